The normalized spacial score (nSPS) is 11.5. The monoisotopic (exact) mass is 256 g/mol. The molecule has 3 N–H and O–H groups in total. The van der Waals surface area contributed by atoms with Crippen LogP contribution in [-0.2, 0) is 0 Å². The highest BCUT2D eigenvalue weighted by Crippen LogP contribution is 2.29. The number of thioether (sulfide) groups is 1. The second-order valence-corrected chi connectivity index (χ2v) is 3.81. The predicted octanol–water partition coefficient (Wildman–Crippen LogP) is 1.86. The fraction of sp³-hybridized carbons (Fsp3) is 0.429. The Morgan fingerprint density at radius 3 is 2.75 bits per heavy atom. The number of nitrogens with zero attached hydrogens (tertiary/aromatic N) is 2. The van der Waals surface area contributed by atoms with Crippen LogP contribution in [0.4, 0.5) is 29.3 Å². The molecule has 1 heterocycles. The van der Waals surface area contributed by atoms with Crippen molar-refractivity contribution in [2.24, 2.45) is 0 Å². The van der Waals surface area contributed by atoms with Gasteiger partial charge in [-0.15, -0.1) is 0 Å². The lowest BCUT2D eigenvalue weighted by atomic mass is 10.5. The summed E-state index contributed by atoms with van der Waals surface area (Å²) in [5.41, 5.74) is 0.900. The molecular formula is C7H8F4N4S. The maximum Gasteiger partial charge on any atom is 0.441 e. The van der Waals surface area contributed by atoms with Crippen molar-refractivity contribution in [3.8, 4) is 0 Å². The lowest BCUT2D eigenvalue weighted by Gasteiger charge is -2.08. The molecule has 1 aromatic heterocycles. The number of hydrogen-bond acceptors (Lipinski definition) is 5. The van der Waals surface area contributed by atoms with Gasteiger partial charge in [-0.25, -0.2) is 9.37 Å². The highest BCUT2D eigenvalue weighted by Gasteiger charge is 2.27. The molecule has 0 bridgehead atoms. The first-order valence-corrected chi connectivity index (χ1v) is 5.09. The first-order chi connectivity index (χ1) is 7.38. The highest BCUT2D eigenvalue weighted by atomic mass is 32.2. The fourth-order valence-electron chi connectivity index (χ4n) is 0.841. The van der Waals surface area contributed by atoms with Gasteiger partial charge in [-0.1, -0.05) is 0 Å². The van der Waals surface area contributed by atoms with Crippen LogP contribution >= 0.6 is 11.8 Å². The molecule has 0 amide bonds. The van der Waals surface area contributed by atoms with E-state index >= 15 is 0 Å². The molecule has 0 aromatic carbocycles. The largest absolute Gasteiger partial charge is 0.441 e. The van der Waals surface area contributed by atoms with E-state index in [-0.39, 0.29) is 35.8 Å². The summed E-state index contributed by atoms with van der Waals surface area (Å²) in [6.07, 6.45) is 0.849. The first kappa shape index (κ1) is 12.8. The number of nitrogen functional groups attached to an aromatic ring is 1. The number of nitrogens with one attached hydrogen (secondary N) is 1. The zero-order valence-electron chi connectivity index (χ0n) is 7.88. The van der Waals surface area contributed by atoms with E-state index in [0.717, 1.165) is 6.20 Å². The van der Waals surface area contributed by atoms with Crippen LogP contribution in [0.25, 0.3) is 0 Å². The summed E-state index contributed by atoms with van der Waals surface area (Å²) in [5.74, 6) is -1.35. The second-order valence-electron chi connectivity index (χ2n) is 2.65. The standard InChI is InChI=1S/C7H8F4N4S/c8-4-3-14-6(12)15-5(4)13-1-2-16-7(9,10)11/h3H,1-2H2,(H3,12,13,14,15). The van der Waals surface area contributed by atoms with Crippen molar-refractivity contribution in [3.63, 3.8) is 0 Å². The number of halogens is 4. The van der Waals surface area contributed by atoms with Crippen LogP contribution in [0.5, 0.6) is 0 Å². The lowest BCUT2D eigenvalue weighted by molar-refractivity contribution is -0.0327. The van der Waals surface area contributed by atoms with Gasteiger partial charge in [-0.2, -0.15) is 18.2 Å². The van der Waals surface area contributed by atoms with Crippen LogP contribution in [0.3, 0.4) is 0 Å². The van der Waals surface area contributed by atoms with E-state index in [1.165, 1.54) is 0 Å². The van der Waals surface area contributed by atoms with Gasteiger partial charge < -0.3 is 11.1 Å². The number of rotatable bonds is 4. The van der Waals surface area contributed by atoms with Crippen LogP contribution in [0.1, 0.15) is 0 Å². The molecule has 0 aliphatic rings. The van der Waals surface area contributed by atoms with E-state index in [1.54, 1.807) is 0 Å². The van der Waals surface area contributed by atoms with E-state index in [0.29, 0.717) is 0 Å². The Kier molecular flexibility index (Phi) is 4.16. The zero-order valence-corrected chi connectivity index (χ0v) is 8.70. The molecule has 0 atom stereocenters. The Balaban J connectivity index is 2.40. The number of alkyl halides is 3. The predicted molar refractivity (Wildman–Crippen MR) is 53.4 cm³/mol. The van der Waals surface area contributed by atoms with E-state index in [2.05, 4.69) is 15.3 Å². The lowest BCUT2D eigenvalue weighted by Crippen LogP contribution is -2.12. The SMILES string of the molecule is Nc1ncc(F)c(NCCSC(F)(F)F)n1. The maximum atomic E-state index is 13.0. The molecule has 1 aromatic rings. The topological polar surface area (TPSA) is 63.8 Å². The quantitative estimate of drug-likeness (QED) is 0.636. The summed E-state index contributed by atoms with van der Waals surface area (Å²) in [6.45, 7) is -0.0719. The van der Waals surface area contributed by atoms with Gasteiger partial charge in [0.25, 0.3) is 0 Å². The molecule has 90 valence electrons. The Morgan fingerprint density at radius 1 is 1.44 bits per heavy atom. The maximum absolute atomic E-state index is 13.0. The van der Waals surface area contributed by atoms with Crippen LogP contribution in [0.15, 0.2) is 6.20 Å². The minimum atomic E-state index is -4.29. The molecular weight excluding hydrogens is 248 g/mol. The van der Waals surface area contributed by atoms with Crippen molar-refractivity contribution in [2.75, 3.05) is 23.3 Å². The highest BCUT2D eigenvalue weighted by molar-refractivity contribution is 8.00. The summed E-state index contributed by atoms with van der Waals surface area (Å²) in [4.78, 5) is 6.87. The summed E-state index contributed by atoms with van der Waals surface area (Å²) >= 11 is -0.197. The van der Waals surface area contributed by atoms with Crippen molar-refractivity contribution < 1.29 is 17.6 Å². The molecule has 0 saturated carbocycles. The van der Waals surface area contributed by atoms with Gasteiger partial charge in [-0.05, 0) is 11.8 Å². The van der Waals surface area contributed by atoms with E-state index in [9.17, 15) is 17.6 Å². The number of aromatic nitrogens is 2. The van der Waals surface area contributed by atoms with Gasteiger partial charge in [0.1, 0.15) is 0 Å². The molecule has 0 saturated heterocycles. The van der Waals surface area contributed by atoms with Gasteiger partial charge in [0.15, 0.2) is 11.6 Å². The molecule has 0 spiro atoms. The van der Waals surface area contributed by atoms with Crippen molar-refractivity contribution in [1.29, 1.82) is 0 Å². The third kappa shape index (κ3) is 4.51. The minimum Gasteiger partial charge on any atom is -0.368 e. The fourth-order valence-corrected chi connectivity index (χ4v) is 1.28. The van der Waals surface area contributed by atoms with Crippen LogP contribution in [0.2, 0.25) is 0 Å². The minimum absolute atomic E-state index is 0.0719. The van der Waals surface area contributed by atoms with Gasteiger partial charge in [0.05, 0.1) is 6.20 Å². The second kappa shape index (κ2) is 5.19. The zero-order chi connectivity index (χ0) is 12.2. The summed E-state index contributed by atoms with van der Waals surface area (Å²) in [7, 11) is 0. The van der Waals surface area contributed by atoms with Crippen LogP contribution in [0, 0.1) is 5.82 Å². The van der Waals surface area contributed by atoms with Crippen molar-refractivity contribution in [2.45, 2.75) is 5.51 Å². The van der Waals surface area contributed by atoms with Gasteiger partial charge in [-0.3, -0.25) is 0 Å². The molecule has 16 heavy (non-hydrogen) atoms. The molecule has 0 unspecified atom stereocenters. The molecule has 0 fully saturated rings. The third-order valence-corrected chi connectivity index (χ3v) is 2.16. The van der Waals surface area contributed by atoms with Crippen LogP contribution < -0.4 is 11.1 Å². The van der Waals surface area contributed by atoms with Gasteiger partial charge >= 0.3 is 5.51 Å². The summed E-state index contributed by atoms with van der Waals surface area (Å²) in [5, 5.41) is 2.40. The average Bonchev–Trinajstić information content (AvgIpc) is 2.16. The number of nitrogens with two attached hydrogens (primary N) is 1. The number of anilines is 2. The molecule has 0 aliphatic carbocycles. The van der Waals surface area contributed by atoms with E-state index in [1.807, 2.05) is 0 Å². The molecule has 0 aliphatic heterocycles. The Morgan fingerprint density at radius 2 is 2.12 bits per heavy atom. The van der Waals surface area contributed by atoms with Gasteiger partial charge in [0.2, 0.25) is 5.95 Å². The molecule has 4 nitrogen and oxygen atoms in total. The Bertz CT molecular complexity index is 357. The van der Waals surface area contributed by atoms with Crippen molar-refractivity contribution in [3.05, 3.63) is 12.0 Å². The number of hydrogen-bond donors (Lipinski definition) is 2. The van der Waals surface area contributed by atoms with E-state index < -0.39 is 11.3 Å². The molecule has 0 radical (unpaired) electrons. The Hall–Kier alpha value is -1.25. The average molecular weight is 256 g/mol. The summed E-state index contributed by atoms with van der Waals surface area (Å²) in [6, 6.07) is 0. The first-order valence-electron chi connectivity index (χ1n) is 4.11. The van der Waals surface area contributed by atoms with Crippen molar-refractivity contribution in [1.82, 2.24) is 9.97 Å². The molecule has 9 heteroatoms. The van der Waals surface area contributed by atoms with Crippen LogP contribution in [-0.4, -0.2) is 27.8 Å². The van der Waals surface area contributed by atoms with Crippen molar-refractivity contribution >= 4 is 23.5 Å². The Labute approximate surface area is 92.6 Å². The third-order valence-electron chi connectivity index (χ3n) is 1.42. The summed E-state index contributed by atoms with van der Waals surface area (Å²) < 4.78 is 48.2. The van der Waals surface area contributed by atoms with Gasteiger partial charge in [0, 0.05) is 12.3 Å². The molecule has 1 rings (SSSR count). The smallest absolute Gasteiger partial charge is 0.368 e. The van der Waals surface area contributed by atoms with E-state index in [4.69, 9.17) is 5.73 Å².